The molecule has 1 aromatic carbocycles. The molecular formula is C15H18N2O4. The van der Waals surface area contributed by atoms with Crippen molar-refractivity contribution < 1.29 is 19.2 Å². The van der Waals surface area contributed by atoms with Crippen LogP contribution in [0.4, 0.5) is 0 Å². The fraction of sp³-hybridized carbons (Fsp3) is 0.400. The molecule has 0 radical (unpaired) electrons. The molecule has 2 N–H and O–H groups in total. The Morgan fingerprint density at radius 3 is 2.86 bits per heavy atom. The average Bonchev–Trinajstić information content (AvgIpc) is 2.86. The second-order valence-corrected chi connectivity index (χ2v) is 4.90. The standard InChI is InChI=1S/C15H18N2O4/c1-2-3-7-11(15(19)20)16-14(18)9-12-10-6-4-5-8-13(10)21-17-12/h4-6,8,11H,2-3,7,9H2,1H3,(H,16,18)(H,19,20). The summed E-state index contributed by atoms with van der Waals surface area (Å²) in [7, 11) is 0. The molecule has 112 valence electrons. The Kier molecular flexibility index (Phi) is 4.92. The zero-order valence-corrected chi connectivity index (χ0v) is 11.8. The lowest BCUT2D eigenvalue weighted by molar-refractivity contribution is -0.142. The predicted molar refractivity (Wildman–Crippen MR) is 76.8 cm³/mol. The third-order valence-electron chi connectivity index (χ3n) is 3.26. The van der Waals surface area contributed by atoms with E-state index in [1.165, 1.54) is 0 Å². The van der Waals surface area contributed by atoms with Gasteiger partial charge in [0.25, 0.3) is 0 Å². The number of para-hydroxylation sites is 1. The first-order valence-electron chi connectivity index (χ1n) is 6.97. The molecule has 0 spiro atoms. The van der Waals surface area contributed by atoms with Gasteiger partial charge in [0.2, 0.25) is 5.91 Å². The average molecular weight is 290 g/mol. The lowest BCUT2D eigenvalue weighted by Gasteiger charge is -2.13. The van der Waals surface area contributed by atoms with Crippen LogP contribution in [0.5, 0.6) is 0 Å². The van der Waals surface area contributed by atoms with Gasteiger partial charge in [-0.25, -0.2) is 4.79 Å². The van der Waals surface area contributed by atoms with Crippen LogP contribution >= 0.6 is 0 Å². The van der Waals surface area contributed by atoms with E-state index in [0.29, 0.717) is 17.7 Å². The van der Waals surface area contributed by atoms with Crippen molar-refractivity contribution in [1.82, 2.24) is 10.5 Å². The second-order valence-electron chi connectivity index (χ2n) is 4.90. The van der Waals surface area contributed by atoms with Gasteiger partial charge in [-0.15, -0.1) is 0 Å². The van der Waals surface area contributed by atoms with Gasteiger partial charge in [-0.2, -0.15) is 0 Å². The van der Waals surface area contributed by atoms with Crippen LogP contribution in [0, 0.1) is 0 Å². The Hall–Kier alpha value is -2.37. The smallest absolute Gasteiger partial charge is 0.326 e. The number of aliphatic carboxylic acids is 1. The fourth-order valence-electron chi connectivity index (χ4n) is 2.13. The number of nitrogens with one attached hydrogen (secondary N) is 1. The van der Waals surface area contributed by atoms with Gasteiger partial charge in [-0.1, -0.05) is 37.1 Å². The van der Waals surface area contributed by atoms with Crippen molar-refractivity contribution in [3.8, 4) is 0 Å². The number of carboxylic acid groups (broad SMARTS) is 1. The number of amides is 1. The van der Waals surface area contributed by atoms with Gasteiger partial charge in [-0.05, 0) is 18.6 Å². The molecule has 0 aliphatic rings. The Balaban J connectivity index is 2.02. The van der Waals surface area contributed by atoms with Crippen molar-refractivity contribution in [1.29, 1.82) is 0 Å². The van der Waals surface area contributed by atoms with Gasteiger partial charge in [0.1, 0.15) is 11.7 Å². The van der Waals surface area contributed by atoms with Crippen molar-refractivity contribution in [3.05, 3.63) is 30.0 Å². The molecule has 2 aromatic rings. The van der Waals surface area contributed by atoms with Crippen LogP contribution in [-0.2, 0) is 16.0 Å². The van der Waals surface area contributed by atoms with Gasteiger partial charge >= 0.3 is 5.97 Å². The molecule has 0 aliphatic heterocycles. The Labute approximate surface area is 122 Å². The lowest BCUT2D eigenvalue weighted by atomic mass is 10.1. The quantitative estimate of drug-likeness (QED) is 0.815. The van der Waals surface area contributed by atoms with Crippen LogP contribution < -0.4 is 5.32 Å². The minimum atomic E-state index is -1.01. The Morgan fingerprint density at radius 1 is 1.38 bits per heavy atom. The molecule has 1 atom stereocenters. The molecule has 21 heavy (non-hydrogen) atoms. The van der Waals surface area contributed by atoms with E-state index in [2.05, 4.69) is 10.5 Å². The number of hydrogen-bond acceptors (Lipinski definition) is 4. The molecular weight excluding hydrogens is 272 g/mol. The summed E-state index contributed by atoms with van der Waals surface area (Å²) in [6.45, 7) is 1.97. The Bertz CT molecular complexity index is 635. The number of nitrogens with zero attached hydrogens (tertiary/aromatic N) is 1. The third kappa shape index (κ3) is 3.81. The highest BCUT2D eigenvalue weighted by Crippen LogP contribution is 2.18. The van der Waals surface area contributed by atoms with Gasteiger partial charge in [0.15, 0.2) is 5.58 Å². The number of hydrogen-bond donors (Lipinski definition) is 2. The maximum absolute atomic E-state index is 12.0. The SMILES string of the molecule is CCCCC(NC(=O)Cc1noc2ccccc12)C(=O)O. The number of fused-ring (bicyclic) bond motifs is 1. The molecule has 6 heteroatoms. The van der Waals surface area contributed by atoms with E-state index < -0.39 is 12.0 Å². The molecule has 0 aliphatic carbocycles. The zero-order chi connectivity index (χ0) is 15.2. The number of benzene rings is 1. The molecule has 0 saturated carbocycles. The minimum absolute atomic E-state index is 0.00686. The summed E-state index contributed by atoms with van der Waals surface area (Å²) >= 11 is 0. The minimum Gasteiger partial charge on any atom is -0.480 e. The highest BCUT2D eigenvalue weighted by molar-refractivity contribution is 5.88. The fourth-order valence-corrected chi connectivity index (χ4v) is 2.13. The first kappa shape index (κ1) is 15.0. The molecule has 0 fully saturated rings. The first-order chi connectivity index (χ1) is 10.1. The maximum atomic E-state index is 12.0. The zero-order valence-electron chi connectivity index (χ0n) is 11.8. The largest absolute Gasteiger partial charge is 0.480 e. The van der Waals surface area contributed by atoms with E-state index in [9.17, 15) is 9.59 Å². The molecule has 0 saturated heterocycles. The number of unbranched alkanes of at least 4 members (excludes halogenated alkanes) is 1. The number of rotatable bonds is 7. The summed E-state index contributed by atoms with van der Waals surface area (Å²) in [6.07, 6.45) is 2.07. The van der Waals surface area contributed by atoms with Crippen molar-refractivity contribution in [2.75, 3.05) is 0 Å². The summed E-state index contributed by atoms with van der Waals surface area (Å²) < 4.78 is 5.12. The summed E-state index contributed by atoms with van der Waals surface area (Å²) in [5.74, 6) is -1.38. The monoisotopic (exact) mass is 290 g/mol. The topological polar surface area (TPSA) is 92.4 Å². The summed E-state index contributed by atoms with van der Waals surface area (Å²) in [4.78, 5) is 23.1. The van der Waals surface area contributed by atoms with Crippen LogP contribution in [0.25, 0.3) is 11.0 Å². The molecule has 6 nitrogen and oxygen atoms in total. The molecule has 0 bridgehead atoms. The molecule has 1 aromatic heterocycles. The van der Waals surface area contributed by atoms with Crippen LogP contribution in [0.15, 0.2) is 28.8 Å². The second kappa shape index (κ2) is 6.88. The van der Waals surface area contributed by atoms with Gasteiger partial charge < -0.3 is 14.9 Å². The van der Waals surface area contributed by atoms with E-state index >= 15 is 0 Å². The first-order valence-corrected chi connectivity index (χ1v) is 6.97. The van der Waals surface area contributed by atoms with E-state index in [-0.39, 0.29) is 12.3 Å². The van der Waals surface area contributed by atoms with Crippen molar-refractivity contribution in [2.45, 2.75) is 38.6 Å². The summed E-state index contributed by atoms with van der Waals surface area (Å²) in [6, 6.07) is 6.39. The van der Waals surface area contributed by atoms with Crippen molar-refractivity contribution in [3.63, 3.8) is 0 Å². The normalized spacial score (nSPS) is 12.2. The van der Waals surface area contributed by atoms with Gasteiger partial charge in [-0.3, -0.25) is 4.79 Å². The Morgan fingerprint density at radius 2 is 2.14 bits per heavy atom. The number of carbonyl (C=O) groups is 2. The maximum Gasteiger partial charge on any atom is 0.326 e. The molecule has 1 unspecified atom stereocenters. The molecule has 1 amide bonds. The summed E-state index contributed by atoms with van der Waals surface area (Å²) in [5.41, 5.74) is 1.13. The van der Waals surface area contributed by atoms with Gasteiger partial charge in [0, 0.05) is 5.39 Å². The number of carboxylic acids is 1. The van der Waals surface area contributed by atoms with Crippen LogP contribution in [0.3, 0.4) is 0 Å². The third-order valence-corrected chi connectivity index (χ3v) is 3.26. The van der Waals surface area contributed by atoms with Crippen LogP contribution in [0.1, 0.15) is 31.9 Å². The van der Waals surface area contributed by atoms with E-state index in [4.69, 9.17) is 9.63 Å². The van der Waals surface area contributed by atoms with Gasteiger partial charge in [0.05, 0.1) is 6.42 Å². The summed E-state index contributed by atoms with van der Waals surface area (Å²) in [5, 5.41) is 16.3. The molecule has 1 heterocycles. The van der Waals surface area contributed by atoms with Crippen LogP contribution in [-0.4, -0.2) is 28.2 Å². The van der Waals surface area contributed by atoms with E-state index in [1.54, 1.807) is 6.07 Å². The van der Waals surface area contributed by atoms with Crippen molar-refractivity contribution in [2.24, 2.45) is 0 Å². The number of carbonyl (C=O) groups excluding carboxylic acids is 1. The van der Waals surface area contributed by atoms with Crippen molar-refractivity contribution >= 4 is 22.8 Å². The van der Waals surface area contributed by atoms with E-state index in [0.717, 1.165) is 18.2 Å². The predicted octanol–water partition coefficient (Wildman–Crippen LogP) is 2.13. The van der Waals surface area contributed by atoms with Crippen LogP contribution in [0.2, 0.25) is 0 Å². The highest BCUT2D eigenvalue weighted by Gasteiger charge is 2.20. The van der Waals surface area contributed by atoms with E-state index in [1.807, 2.05) is 25.1 Å². The number of aromatic nitrogens is 1. The lowest BCUT2D eigenvalue weighted by Crippen LogP contribution is -2.41. The molecule has 2 rings (SSSR count). The highest BCUT2D eigenvalue weighted by atomic mass is 16.5.